The lowest BCUT2D eigenvalue weighted by Gasteiger charge is -2.20. The molecule has 1 aromatic heterocycles. The maximum atomic E-state index is 13.0. The van der Waals surface area contributed by atoms with E-state index >= 15 is 0 Å². The van der Waals surface area contributed by atoms with Gasteiger partial charge in [0.2, 0.25) is 11.9 Å². The van der Waals surface area contributed by atoms with Gasteiger partial charge in [-0.1, -0.05) is 60.7 Å². The normalized spacial score (nSPS) is 11.8. The summed E-state index contributed by atoms with van der Waals surface area (Å²) in [5.41, 5.74) is 1.33. The Morgan fingerprint density at radius 1 is 0.900 bits per heavy atom. The fourth-order valence-corrected chi connectivity index (χ4v) is 4.91. The Kier molecular flexibility index (Phi) is 10.2. The second-order valence-electron chi connectivity index (χ2n) is 9.91. The molecular formula is C29H32N4O6S. The molecule has 0 radical (unpaired) electrons. The van der Waals surface area contributed by atoms with Crippen molar-refractivity contribution in [2.75, 3.05) is 0 Å². The number of carboxylic acid groups (broad SMARTS) is 1. The van der Waals surface area contributed by atoms with Crippen molar-refractivity contribution >= 4 is 41.2 Å². The van der Waals surface area contributed by atoms with Crippen molar-refractivity contribution < 1.29 is 29.0 Å². The van der Waals surface area contributed by atoms with Crippen LogP contribution in [-0.4, -0.2) is 46.6 Å². The average molecular weight is 565 g/mol. The van der Waals surface area contributed by atoms with Gasteiger partial charge in [-0.05, 0) is 50.5 Å². The van der Waals surface area contributed by atoms with Gasteiger partial charge in [0, 0.05) is 17.2 Å². The first-order valence-corrected chi connectivity index (χ1v) is 13.4. The second-order valence-corrected chi connectivity index (χ2v) is 11.0. The highest BCUT2D eigenvalue weighted by Crippen LogP contribution is 2.36. The highest BCUT2D eigenvalue weighted by molar-refractivity contribution is 7.14. The van der Waals surface area contributed by atoms with Crippen molar-refractivity contribution in [3.63, 3.8) is 0 Å². The molecule has 0 saturated carbocycles. The van der Waals surface area contributed by atoms with E-state index < -0.39 is 41.5 Å². The maximum absolute atomic E-state index is 13.0. The first kappa shape index (κ1) is 30.0. The molecule has 0 saturated heterocycles. The van der Waals surface area contributed by atoms with E-state index in [0.717, 1.165) is 16.0 Å². The van der Waals surface area contributed by atoms with E-state index in [9.17, 15) is 24.3 Å². The van der Waals surface area contributed by atoms with Gasteiger partial charge in [-0.25, -0.2) is 9.59 Å². The fourth-order valence-electron chi connectivity index (χ4n) is 3.84. The minimum absolute atomic E-state index is 0.0995. The molecule has 0 aliphatic rings. The molecule has 40 heavy (non-hydrogen) atoms. The monoisotopic (exact) mass is 564 g/mol. The zero-order valence-corrected chi connectivity index (χ0v) is 23.2. The highest BCUT2D eigenvalue weighted by Gasteiger charge is 2.25. The average Bonchev–Trinajstić information content (AvgIpc) is 3.36. The van der Waals surface area contributed by atoms with Crippen LogP contribution in [0.4, 0.5) is 4.79 Å². The summed E-state index contributed by atoms with van der Waals surface area (Å²) in [4.78, 5) is 50.0. The number of aliphatic carboxylic acids is 1. The van der Waals surface area contributed by atoms with Crippen molar-refractivity contribution in [2.24, 2.45) is 0 Å². The molecule has 0 spiro atoms. The van der Waals surface area contributed by atoms with Gasteiger partial charge in [-0.15, -0.1) is 11.3 Å². The quantitative estimate of drug-likeness (QED) is 0.191. The molecule has 210 valence electrons. The zero-order chi connectivity index (χ0) is 29.3. The number of thiophene rings is 1. The van der Waals surface area contributed by atoms with Crippen molar-refractivity contribution in [3.05, 3.63) is 93.7 Å². The molecule has 1 heterocycles. The summed E-state index contributed by atoms with van der Waals surface area (Å²) in [6.07, 6.45) is -1.44. The van der Waals surface area contributed by atoms with Crippen molar-refractivity contribution in [1.29, 1.82) is 5.41 Å². The van der Waals surface area contributed by atoms with Crippen molar-refractivity contribution in [3.8, 4) is 0 Å². The minimum atomic E-state index is -1.34. The summed E-state index contributed by atoms with van der Waals surface area (Å²) < 4.78 is 5.01. The molecule has 0 bridgehead atoms. The van der Waals surface area contributed by atoms with Crippen LogP contribution in [-0.2, 0) is 14.3 Å². The van der Waals surface area contributed by atoms with Gasteiger partial charge in [0.05, 0.1) is 4.88 Å². The molecule has 2 aromatic carbocycles. The van der Waals surface area contributed by atoms with E-state index in [0.29, 0.717) is 4.88 Å². The third-order valence-electron chi connectivity index (χ3n) is 5.55. The zero-order valence-electron chi connectivity index (χ0n) is 22.4. The van der Waals surface area contributed by atoms with E-state index in [1.54, 1.807) is 26.8 Å². The fraction of sp³-hybridized carbons (Fsp3) is 0.276. The van der Waals surface area contributed by atoms with Crippen LogP contribution in [0.3, 0.4) is 0 Å². The molecule has 0 fully saturated rings. The Morgan fingerprint density at radius 3 is 2.00 bits per heavy atom. The van der Waals surface area contributed by atoms with Crippen LogP contribution in [0.5, 0.6) is 0 Å². The third kappa shape index (κ3) is 9.05. The van der Waals surface area contributed by atoms with Crippen molar-refractivity contribution in [1.82, 2.24) is 16.0 Å². The predicted octanol–water partition coefficient (Wildman–Crippen LogP) is 4.47. The summed E-state index contributed by atoms with van der Waals surface area (Å²) in [6, 6.07) is 21.9. The number of alkyl carbamates (subject to hydrolysis) is 1. The molecule has 0 unspecified atom stereocenters. The van der Waals surface area contributed by atoms with Crippen molar-refractivity contribution in [2.45, 2.75) is 51.2 Å². The number of ether oxygens (including phenoxy) is 1. The molecule has 1 atom stereocenters. The Bertz CT molecular complexity index is 1310. The van der Waals surface area contributed by atoms with E-state index in [4.69, 9.17) is 10.1 Å². The molecule has 10 nitrogen and oxygen atoms in total. The van der Waals surface area contributed by atoms with Gasteiger partial charge in [0.25, 0.3) is 5.91 Å². The summed E-state index contributed by atoms with van der Waals surface area (Å²) in [6.45, 7) is 4.95. The lowest BCUT2D eigenvalue weighted by Crippen LogP contribution is -2.46. The van der Waals surface area contributed by atoms with E-state index in [1.807, 2.05) is 66.7 Å². The molecular weight excluding hydrogens is 532 g/mol. The lowest BCUT2D eigenvalue weighted by atomic mass is 9.90. The number of hydrogen-bond acceptors (Lipinski definition) is 7. The SMILES string of the molecule is CC(C)(C)OC(=O)NC(=N)NC(=O)CC[C@H](NC(=O)c1ccc(C(c2ccccc2)c2ccccc2)s1)C(=O)O. The standard InChI is InChI=1S/C29H32N4O6S/c1-29(2,3)39-28(38)33-27(30)32-23(34)17-14-20(26(36)37)31-25(35)22-16-15-21(40-22)24(18-10-6-4-7-11-18)19-12-8-5-9-13-19/h4-13,15-16,20,24H,14,17H2,1-3H3,(H,31,35)(H,36,37)(H3,30,32,33,34,38)/t20-/m0/s1. The summed E-state index contributed by atoms with van der Waals surface area (Å²) >= 11 is 1.27. The number of guanidine groups is 1. The van der Waals surface area contributed by atoms with Crippen LogP contribution in [0.2, 0.25) is 0 Å². The van der Waals surface area contributed by atoms with E-state index in [1.165, 1.54) is 11.3 Å². The Labute approximate surface area is 236 Å². The number of rotatable bonds is 9. The topological polar surface area (TPSA) is 158 Å². The molecule has 5 N–H and O–H groups in total. The number of carbonyl (C=O) groups excluding carboxylic acids is 3. The highest BCUT2D eigenvalue weighted by atomic mass is 32.1. The molecule has 0 aliphatic carbocycles. The minimum Gasteiger partial charge on any atom is -0.480 e. The smallest absolute Gasteiger partial charge is 0.414 e. The molecule has 11 heteroatoms. The molecule has 3 aromatic rings. The first-order chi connectivity index (χ1) is 18.9. The van der Waals surface area contributed by atoms with Gasteiger partial charge >= 0.3 is 12.1 Å². The summed E-state index contributed by atoms with van der Waals surface area (Å²) in [5.74, 6) is -3.27. The first-order valence-electron chi connectivity index (χ1n) is 12.5. The number of amides is 3. The van der Waals surface area contributed by atoms with Crippen LogP contribution in [0, 0.1) is 5.41 Å². The number of benzene rings is 2. The Hall–Kier alpha value is -4.51. The van der Waals surface area contributed by atoms with Gasteiger partial charge < -0.3 is 15.2 Å². The third-order valence-corrected chi connectivity index (χ3v) is 6.70. The number of nitrogens with one attached hydrogen (secondary N) is 4. The van der Waals surface area contributed by atoms with Crippen LogP contribution in [0.15, 0.2) is 72.8 Å². The Balaban J connectivity index is 1.62. The number of carbonyl (C=O) groups is 4. The number of carboxylic acids is 1. The molecule has 3 rings (SSSR count). The van der Waals surface area contributed by atoms with Gasteiger partial charge in [0.1, 0.15) is 11.6 Å². The largest absolute Gasteiger partial charge is 0.480 e. The molecule has 3 amide bonds. The van der Waals surface area contributed by atoms with Gasteiger partial charge in [0.15, 0.2) is 0 Å². The van der Waals surface area contributed by atoms with Gasteiger partial charge in [-0.2, -0.15) is 0 Å². The van der Waals surface area contributed by atoms with Crippen LogP contribution in [0.1, 0.15) is 65.2 Å². The van der Waals surface area contributed by atoms with Crippen LogP contribution in [0.25, 0.3) is 0 Å². The summed E-state index contributed by atoms with van der Waals surface area (Å²) in [5, 5.41) is 24.0. The Morgan fingerprint density at radius 2 is 1.48 bits per heavy atom. The lowest BCUT2D eigenvalue weighted by molar-refractivity contribution is -0.139. The van der Waals surface area contributed by atoms with E-state index in [2.05, 4.69) is 16.0 Å². The van der Waals surface area contributed by atoms with Gasteiger partial charge in [-0.3, -0.25) is 25.6 Å². The second kappa shape index (κ2) is 13.5. The number of hydrogen-bond donors (Lipinski definition) is 5. The maximum Gasteiger partial charge on any atom is 0.414 e. The molecule has 0 aliphatic heterocycles. The van der Waals surface area contributed by atoms with E-state index in [-0.39, 0.29) is 18.8 Å². The van der Waals surface area contributed by atoms with Crippen LogP contribution < -0.4 is 16.0 Å². The predicted molar refractivity (Wildman–Crippen MR) is 152 cm³/mol. The van der Waals surface area contributed by atoms with Crippen LogP contribution >= 0.6 is 11.3 Å². The summed E-state index contributed by atoms with van der Waals surface area (Å²) in [7, 11) is 0.